The smallest absolute Gasteiger partial charge is 0.137 e. The number of fused-ring (bicyclic) bond motifs is 3. The SMILES string of the molecule is C=C(C)c1ccccc1N(c1ccc2c3ccccc3n(C3CCCCO3)c2c1)c1ccccn1. The molecular weight excluding hydrogens is 430 g/mol. The number of rotatable bonds is 5. The maximum absolute atomic E-state index is 6.28. The summed E-state index contributed by atoms with van der Waals surface area (Å²) in [6, 6.07) is 29.8. The summed E-state index contributed by atoms with van der Waals surface area (Å²) in [5.74, 6) is 0.872. The minimum Gasteiger partial charge on any atom is -0.358 e. The normalized spacial score (nSPS) is 16.0. The lowest BCUT2D eigenvalue weighted by Crippen LogP contribution is -2.18. The molecule has 0 bridgehead atoms. The van der Waals surface area contributed by atoms with Crippen molar-refractivity contribution < 1.29 is 4.74 Å². The summed E-state index contributed by atoms with van der Waals surface area (Å²) in [6.07, 6.45) is 5.24. The Morgan fingerprint density at radius 3 is 2.51 bits per heavy atom. The van der Waals surface area contributed by atoms with Crippen LogP contribution in [-0.4, -0.2) is 16.2 Å². The van der Waals surface area contributed by atoms with Crippen molar-refractivity contribution in [2.75, 3.05) is 11.5 Å². The number of anilines is 3. The number of allylic oxidation sites excluding steroid dienone is 1. The fourth-order valence-electron chi connectivity index (χ4n) is 5.28. The van der Waals surface area contributed by atoms with E-state index in [2.05, 4.69) is 95.8 Å². The summed E-state index contributed by atoms with van der Waals surface area (Å²) in [6.45, 7) is 7.10. The molecule has 0 amide bonds. The van der Waals surface area contributed by atoms with Crippen LogP contribution in [0.2, 0.25) is 0 Å². The van der Waals surface area contributed by atoms with Gasteiger partial charge in [0, 0.05) is 34.8 Å². The largest absolute Gasteiger partial charge is 0.358 e. The zero-order valence-corrected chi connectivity index (χ0v) is 20.0. The van der Waals surface area contributed by atoms with Gasteiger partial charge >= 0.3 is 0 Å². The molecule has 3 heterocycles. The first-order chi connectivity index (χ1) is 17.2. The molecule has 4 heteroatoms. The number of hydrogen-bond acceptors (Lipinski definition) is 3. The number of pyridine rings is 1. The molecule has 0 spiro atoms. The van der Waals surface area contributed by atoms with Crippen molar-refractivity contribution in [2.24, 2.45) is 0 Å². The highest BCUT2D eigenvalue weighted by Gasteiger charge is 2.23. The van der Waals surface area contributed by atoms with E-state index in [1.54, 1.807) is 0 Å². The Labute approximate surface area is 206 Å². The van der Waals surface area contributed by atoms with Gasteiger partial charge in [0.15, 0.2) is 0 Å². The van der Waals surface area contributed by atoms with E-state index in [9.17, 15) is 0 Å². The van der Waals surface area contributed by atoms with Crippen LogP contribution in [-0.2, 0) is 4.74 Å². The predicted molar refractivity (Wildman–Crippen MR) is 145 cm³/mol. The van der Waals surface area contributed by atoms with Gasteiger partial charge in [-0.15, -0.1) is 0 Å². The minimum atomic E-state index is 0.0485. The van der Waals surface area contributed by atoms with E-state index in [0.29, 0.717) is 0 Å². The molecule has 1 atom stereocenters. The Balaban J connectivity index is 1.61. The second kappa shape index (κ2) is 9.05. The molecule has 3 aromatic carbocycles. The van der Waals surface area contributed by atoms with E-state index in [1.807, 2.05) is 18.3 Å². The average Bonchev–Trinajstić information content (AvgIpc) is 3.24. The van der Waals surface area contributed by atoms with Gasteiger partial charge in [-0.2, -0.15) is 0 Å². The van der Waals surface area contributed by atoms with E-state index < -0.39 is 0 Å². The van der Waals surface area contributed by atoms with E-state index in [-0.39, 0.29) is 6.23 Å². The molecule has 6 rings (SSSR count). The van der Waals surface area contributed by atoms with Crippen LogP contribution in [0.3, 0.4) is 0 Å². The first kappa shape index (κ1) is 21.6. The van der Waals surface area contributed by atoms with Gasteiger partial charge in [0.1, 0.15) is 12.0 Å². The van der Waals surface area contributed by atoms with Gasteiger partial charge in [0.25, 0.3) is 0 Å². The Hall–Kier alpha value is -3.89. The lowest BCUT2D eigenvalue weighted by Gasteiger charge is -2.28. The van der Waals surface area contributed by atoms with Crippen LogP contribution in [0.15, 0.2) is 97.7 Å². The van der Waals surface area contributed by atoms with Crippen LogP contribution < -0.4 is 4.90 Å². The van der Waals surface area contributed by atoms with Crippen molar-refractivity contribution in [1.29, 1.82) is 0 Å². The highest BCUT2D eigenvalue weighted by molar-refractivity contribution is 6.09. The molecule has 0 saturated carbocycles. The van der Waals surface area contributed by atoms with Gasteiger partial charge in [-0.05, 0) is 68.2 Å². The fraction of sp³-hybridized carbons (Fsp3) is 0.194. The number of para-hydroxylation sites is 2. The third kappa shape index (κ3) is 3.80. The highest BCUT2D eigenvalue weighted by atomic mass is 16.5. The number of nitrogens with zero attached hydrogens (tertiary/aromatic N) is 3. The van der Waals surface area contributed by atoms with Gasteiger partial charge in [0.05, 0.1) is 16.7 Å². The molecule has 0 radical (unpaired) electrons. The second-order valence-corrected chi connectivity index (χ2v) is 9.23. The van der Waals surface area contributed by atoms with E-state index in [1.165, 1.54) is 28.2 Å². The van der Waals surface area contributed by atoms with Crippen LogP contribution in [0, 0.1) is 0 Å². The Kier molecular flexibility index (Phi) is 5.59. The van der Waals surface area contributed by atoms with Crippen LogP contribution in [0.4, 0.5) is 17.2 Å². The van der Waals surface area contributed by atoms with Crippen molar-refractivity contribution in [1.82, 2.24) is 9.55 Å². The molecule has 1 aliphatic rings. The average molecular weight is 460 g/mol. The Bertz CT molecular complexity index is 1510. The number of ether oxygens (including phenoxy) is 1. The zero-order chi connectivity index (χ0) is 23.8. The van der Waals surface area contributed by atoms with Gasteiger partial charge in [-0.3, -0.25) is 4.90 Å². The molecule has 0 N–H and O–H groups in total. The highest BCUT2D eigenvalue weighted by Crippen LogP contribution is 2.41. The summed E-state index contributed by atoms with van der Waals surface area (Å²) in [5.41, 5.74) is 6.66. The number of benzene rings is 3. The molecule has 1 saturated heterocycles. The molecule has 5 aromatic rings. The Morgan fingerprint density at radius 1 is 0.914 bits per heavy atom. The first-order valence-corrected chi connectivity index (χ1v) is 12.3. The predicted octanol–water partition coefficient (Wildman–Crippen LogP) is 8.39. The van der Waals surface area contributed by atoms with Gasteiger partial charge in [0.2, 0.25) is 0 Å². The zero-order valence-electron chi connectivity index (χ0n) is 20.0. The molecule has 1 aliphatic heterocycles. The molecule has 1 unspecified atom stereocenters. The lowest BCUT2D eigenvalue weighted by molar-refractivity contribution is -0.0267. The summed E-state index contributed by atoms with van der Waals surface area (Å²) in [7, 11) is 0. The molecule has 4 nitrogen and oxygen atoms in total. The molecule has 35 heavy (non-hydrogen) atoms. The van der Waals surface area contributed by atoms with Gasteiger partial charge in [-0.25, -0.2) is 4.98 Å². The Morgan fingerprint density at radius 2 is 1.71 bits per heavy atom. The monoisotopic (exact) mass is 459 g/mol. The van der Waals surface area contributed by atoms with Crippen molar-refractivity contribution in [3.8, 4) is 0 Å². The summed E-state index contributed by atoms with van der Waals surface area (Å²) in [5, 5.41) is 2.50. The fourth-order valence-corrected chi connectivity index (χ4v) is 5.28. The number of hydrogen-bond donors (Lipinski definition) is 0. The molecular formula is C31H29N3O. The third-order valence-corrected chi connectivity index (χ3v) is 6.88. The van der Waals surface area contributed by atoms with E-state index in [4.69, 9.17) is 9.72 Å². The number of aromatic nitrogens is 2. The van der Waals surface area contributed by atoms with Crippen molar-refractivity contribution >= 4 is 44.6 Å². The topological polar surface area (TPSA) is 30.3 Å². The molecule has 0 aliphatic carbocycles. The molecule has 174 valence electrons. The van der Waals surface area contributed by atoms with Crippen LogP contribution in [0.5, 0.6) is 0 Å². The van der Waals surface area contributed by atoms with Crippen LogP contribution in [0.1, 0.15) is 38.0 Å². The van der Waals surface area contributed by atoms with Gasteiger partial charge in [-0.1, -0.05) is 55.1 Å². The minimum absolute atomic E-state index is 0.0485. The standard InChI is InChI=1S/C31H29N3O/c1-22(2)24-11-3-5-13-27(24)33(30-15-7-9-19-32-30)23-17-18-26-25-12-4-6-14-28(25)34(29(26)21-23)31-16-8-10-20-35-31/h3-7,9,11-15,17-19,21,31H,1,8,10,16,20H2,2H3. The second-order valence-electron chi connectivity index (χ2n) is 9.23. The van der Waals surface area contributed by atoms with Crippen molar-refractivity contribution in [3.63, 3.8) is 0 Å². The van der Waals surface area contributed by atoms with E-state index in [0.717, 1.165) is 47.8 Å². The maximum Gasteiger partial charge on any atom is 0.137 e. The quantitative estimate of drug-likeness (QED) is 0.264. The van der Waals surface area contributed by atoms with Crippen LogP contribution in [0.25, 0.3) is 27.4 Å². The summed E-state index contributed by atoms with van der Waals surface area (Å²) >= 11 is 0. The lowest BCUT2D eigenvalue weighted by atomic mass is 10.0. The summed E-state index contributed by atoms with van der Waals surface area (Å²) < 4.78 is 8.68. The van der Waals surface area contributed by atoms with Crippen LogP contribution >= 0.6 is 0 Å². The molecule has 2 aromatic heterocycles. The van der Waals surface area contributed by atoms with Gasteiger partial charge < -0.3 is 9.30 Å². The summed E-state index contributed by atoms with van der Waals surface area (Å²) in [4.78, 5) is 6.96. The van der Waals surface area contributed by atoms with E-state index >= 15 is 0 Å². The van der Waals surface area contributed by atoms with Crippen molar-refractivity contribution in [2.45, 2.75) is 32.4 Å². The maximum atomic E-state index is 6.28. The van der Waals surface area contributed by atoms with Crippen molar-refractivity contribution in [3.05, 3.63) is 103 Å². The molecule has 1 fully saturated rings. The first-order valence-electron chi connectivity index (χ1n) is 12.3. The third-order valence-electron chi connectivity index (χ3n) is 6.88.